The van der Waals surface area contributed by atoms with Crippen LogP contribution in [0.25, 0.3) is 0 Å². The minimum atomic E-state index is 0.162. The lowest BCUT2D eigenvalue weighted by atomic mass is 9.90. The maximum atomic E-state index is 4.83. The molecule has 1 aromatic rings. The third-order valence-electron chi connectivity index (χ3n) is 4.49. The fourth-order valence-electron chi connectivity index (χ4n) is 2.82. The zero-order chi connectivity index (χ0) is 14.8. The maximum absolute atomic E-state index is 4.83. The zero-order valence-electron chi connectivity index (χ0n) is 13.6. The summed E-state index contributed by atoms with van der Waals surface area (Å²) in [6.45, 7) is 15.7. The second-order valence-corrected chi connectivity index (χ2v) is 7.94. The number of rotatable bonds is 4. The molecular weight excluding hydrogens is 266 g/mol. The fraction of sp³-hybridized carbons (Fsp3) is 0.812. The molecule has 2 rings (SSSR count). The quantitative estimate of drug-likeness (QED) is 0.922. The number of aromatic nitrogens is 1. The average Bonchev–Trinajstić information content (AvgIpc) is 2.87. The van der Waals surface area contributed by atoms with Crippen molar-refractivity contribution in [2.24, 2.45) is 0 Å². The van der Waals surface area contributed by atoms with Gasteiger partial charge < -0.3 is 5.32 Å². The summed E-state index contributed by atoms with van der Waals surface area (Å²) < 4.78 is 0. The summed E-state index contributed by atoms with van der Waals surface area (Å²) in [6, 6.07) is 0. The van der Waals surface area contributed by atoms with Crippen LogP contribution < -0.4 is 5.32 Å². The molecular formula is C16H29N3S. The van der Waals surface area contributed by atoms with Crippen molar-refractivity contribution in [3.8, 4) is 0 Å². The molecule has 1 aliphatic heterocycles. The summed E-state index contributed by atoms with van der Waals surface area (Å²) in [4.78, 5) is 7.40. The van der Waals surface area contributed by atoms with Gasteiger partial charge in [-0.15, -0.1) is 11.3 Å². The lowest BCUT2D eigenvalue weighted by molar-refractivity contribution is 0.118. The molecule has 0 aromatic carbocycles. The van der Waals surface area contributed by atoms with Gasteiger partial charge in [0.15, 0.2) is 0 Å². The van der Waals surface area contributed by atoms with Gasteiger partial charge in [0.1, 0.15) is 5.01 Å². The Kier molecular flexibility index (Phi) is 4.88. The minimum Gasteiger partial charge on any atom is -0.309 e. The first kappa shape index (κ1) is 15.9. The smallest absolute Gasteiger partial charge is 0.107 e. The molecule has 0 unspecified atom stereocenters. The molecule has 0 aliphatic carbocycles. The summed E-state index contributed by atoms with van der Waals surface area (Å²) in [5.41, 5.74) is 1.70. The molecule has 4 heteroatoms. The van der Waals surface area contributed by atoms with Crippen molar-refractivity contribution in [2.75, 3.05) is 19.6 Å². The molecule has 0 amide bonds. The van der Waals surface area contributed by atoms with Crippen LogP contribution in [0, 0.1) is 0 Å². The third kappa shape index (κ3) is 3.60. The molecule has 3 nitrogen and oxygen atoms in total. The number of nitrogens with one attached hydrogen (secondary N) is 1. The van der Waals surface area contributed by atoms with E-state index in [1.807, 2.05) is 11.3 Å². The number of hydrogen-bond donors (Lipinski definition) is 1. The minimum absolute atomic E-state index is 0.162. The predicted octanol–water partition coefficient (Wildman–Crippen LogP) is 3.40. The predicted molar refractivity (Wildman–Crippen MR) is 87.4 cm³/mol. The monoisotopic (exact) mass is 295 g/mol. The Morgan fingerprint density at radius 3 is 2.60 bits per heavy atom. The summed E-state index contributed by atoms with van der Waals surface area (Å²) in [5.74, 6) is 0. The van der Waals surface area contributed by atoms with Gasteiger partial charge in [-0.1, -0.05) is 34.6 Å². The first-order valence-electron chi connectivity index (χ1n) is 7.81. The van der Waals surface area contributed by atoms with E-state index < -0.39 is 0 Å². The van der Waals surface area contributed by atoms with E-state index in [-0.39, 0.29) is 5.41 Å². The van der Waals surface area contributed by atoms with E-state index >= 15 is 0 Å². The Labute approximate surface area is 127 Å². The van der Waals surface area contributed by atoms with Gasteiger partial charge in [0.2, 0.25) is 0 Å². The van der Waals surface area contributed by atoms with E-state index in [9.17, 15) is 0 Å². The Hall–Kier alpha value is -0.450. The fourth-order valence-corrected chi connectivity index (χ4v) is 3.88. The maximum Gasteiger partial charge on any atom is 0.107 e. The van der Waals surface area contributed by atoms with Gasteiger partial charge >= 0.3 is 0 Å². The summed E-state index contributed by atoms with van der Waals surface area (Å²) in [6.07, 6.45) is 2.40. The summed E-state index contributed by atoms with van der Waals surface area (Å²) in [5, 5.41) is 7.21. The molecule has 1 fully saturated rings. The highest BCUT2D eigenvalue weighted by Gasteiger charge is 2.32. The van der Waals surface area contributed by atoms with Crippen LogP contribution >= 0.6 is 11.3 Å². The van der Waals surface area contributed by atoms with Crippen molar-refractivity contribution in [1.82, 2.24) is 15.2 Å². The highest BCUT2D eigenvalue weighted by Crippen LogP contribution is 2.26. The van der Waals surface area contributed by atoms with E-state index in [0.717, 1.165) is 26.2 Å². The van der Waals surface area contributed by atoms with Gasteiger partial charge in [-0.2, -0.15) is 0 Å². The second kappa shape index (κ2) is 6.12. The van der Waals surface area contributed by atoms with Crippen molar-refractivity contribution in [3.63, 3.8) is 0 Å². The summed E-state index contributed by atoms with van der Waals surface area (Å²) in [7, 11) is 0. The van der Waals surface area contributed by atoms with Crippen LogP contribution in [0.3, 0.4) is 0 Å². The van der Waals surface area contributed by atoms with E-state index in [0.29, 0.717) is 5.54 Å². The molecule has 0 bridgehead atoms. The van der Waals surface area contributed by atoms with Gasteiger partial charge in [-0.3, -0.25) is 4.90 Å². The lowest BCUT2D eigenvalue weighted by Gasteiger charge is -2.42. The van der Waals surface area contributed by atoms with E-state index in [2.05, 4.69) is 50.2 Å². The van der Waals surface area contributed by atoms with Crippen molar-refractivity contribution in [2.45, 2.75) is 65.0 Å². The van der Waals surface area contributed by atoms with Gasteiger partial charge in [-0.05, 0) is 12.8 Å². The summed E-state index contributed by atoms with van der Waals surface area (Å²) >= 11 is 1.81. The Morgan fingerprint density at radius 2 is 2.05 bits per heavy atom. The number of piperazine rings is 1. The largest absolute Gasteiger partial charge is 0.309 e. The molecule has 1 aliphatic rings. The van der Waals surface area contributed by atoms with Crippen LogP contribution in [0.4, 0.5) is 0 Å². The van der Waals surface area contributed by atoms with E-state index in [1.54, 1.807) is 0 Å². The molecule has 1 saturated heterocycles. The first-order chi connectivity index (χ1) is 9.38. The van der Waals surface area contributed by atoms with Gasteiger partial charge in [-0.25, -0.2) is 4.98 Å². The number of thiazole rings is 1. The highest BCUT2D eigenvalue weighted by molar-refractivity contribution is 7.09. The molecule has 114 valence electrons. The molecule has 2 heterocycles. The second-order valence-electron chi connectivity index (χ2n) is 7.00. The lowest BCUT2D eigenvalue weighted by Crippen LogP contribution is -2.59. The highest BCUT2D eigenvalue weighted by atomic mass is 32.1. The SMILES string of the molecule is CCC1(CC)CN(Cc2nc(C(C)(C)C)cs2)CCN1. The molecule has 1 N–H and O–H groups in total. The topological polar surface area (TPSA) is 28.2 Å². The van der Waals surface area contributed by atoms with Crippen LogP contribution in [0.1, 0.15) is 58.2 Å². The average molecular weight is 295 g/mol. The number of hydrogen-bond acceptors (Lipinski definition) is 4. The van der Waals surface area contributed by atoms with Crippen LogP contribution in [0.5, 0.6) is 0 Å². The van der Waals surface area contributed by atoms with Gasteiger partial charge in [0, 0.05) is 36.0 Å². The van der Waals surface area contributed by atoms with Crippen molar-refractivity contribution >= 4 is 11.3 Å². The van der Waals surface area contributed by atoms with Crippen LogP contribution in [0.2, 0.25) is 0 Å². The molecule has 0 spiro atoms. The molecule has 0 saturated carbocycles. The number of nitrogens with zero attached hydrogens (tertiary/aromatic N) is 2. The standard InChI is InChI=1S/C16H29N3S/c1-6-16(7-2)12-19(9-8-17-16)10-14-18-13(11-20-14)15(3,4)5/h11,17H,6-10,12H2,1-5H3. The van der Waals surface area contributed by atoms with Gasteiger partial charge in [0.25, 0.3) is 0 Å². The molecule has 1 aromatic heterocycles. The Bertz CT molecular complexity index is 429. The van der Waals surface area contributed by atoms with Gasteiger partial charge in [0.05, 0.1) is 12.2 Å². The van der Waals surface area contributed by atoms with Crippen molar-refractivity contribution < 1.29 is 0 Å². The third-order valence-corrected chi connectivity index (χ3v) is 5.32. The molecule has 20 heavy (non-hydrogen) atoms. The van der Waals surface area contributed by atoms with E-state index in [4.69, 9.17) is 4.98 Å². The molecule has 0 radical (unpaired) electrons. The van der Waals surface area contributed by atoms with Crippen LogP contribution in [-0.4, -0.2) is 35.1 Å². The van der Waals surface area contributed by atoms with E-state index in [1.165, 1.54) is 23.5 Å². The first-order valence-corrected chi connectivity index (χ1v) is 8.69. The van der Waals surface area contributed by atoms with Crippen molar-refractivity contribution in [1.29, 1.82) is 0 Å². The zero-order valence-corrected chi connectivity index (χ0v) is 14.4. The van der Waals surface area contributed by atoms with Crippen LogP contribution in [-0.2, 0) is 12.0 Å². The Balaban J connectivity index is 2.01. The van der Waals surface area contributed by atoms with Crippen LogP contribution in [0.15, 0.2) is 5.38 Å². The van der Waals surface area contributed by atoms with Crippen molar-refractivity contribution in [3.05, 3.63) is 16.1 Å². The molecule has 0 atom stereocenters. The Morgan fingerprint density at radius 1 is 1.35 bits per heavy atom. The normalized spacial score (nSPS) is 20.2.